The van der Waals surface area contributed by atoms with Gasteiger partial charge in [0, 0.05) is 41.2 Å². The number of halogens is 2. The first-order valence-corrected chi connectivity index (χ1v) is 10.6. The van der Waals surface area contributed by atoms with Gasteiger partial charge >= 0.3 is 0 Å². The molecule has 0 saturated carbocycles. The summed E-state index contributed by atoms with van der Waals surface area (Å²) in [6.45, 7) is 6.17. The van der Waals surface area contributed by atoms with Crippen LogP contribution in [0.4, 0.5) is 11.4 Å². The zero-order valence-electron chi connectivity index (χ0n) is 16.9. The van der Waals surface area contributed by atoms with E-state index in [4.69, 9.17) is 23.2 Å². The minimum atomic E-state index is -0.366. The third-order valence-corrected chi connectivity index (χ3v) is 5.85. The molecule has 0 aliphatic carbocycles. The van der Waals surface area contributed by atoms with Crippen LogP contribution in [0.3, 0.4) is 0 Å². The lowest BCUT2D eigenvalue weighted by atomic mass is 10.1. The highest BCUT2D eigenvalue weighted by molar-refractivity contribution is 6.35. The minimum Gasteiger partial charge on any atom is -0.372 e. The van der Waals surface area contributed by atoms with Crippen LogP contribution in [0.2, 0.25) is 10.0 Å². The standard InChI is InChI=1S/C23H22Cl2N4O/c1-14-11-17(29-9-3-4-10-29)12-15(2)21(14)28-23(30)22-26-8-7-20(27-22)18-13-16(24)5-6-19(18)25/h5-8,11-13H,3-4,9-10H2,1-2H3,(H,28,30). The Hall–Kier alpha value is -2.63. The Morgan fingerprint density at radius 2 is 1.73 bits per heavy atom. The Balaban J connectivity index is 1.59. The minimum absolute atomic E-state index is 0.0750. The summed E-state index contributed by atoms with van der Waals surface area (Å²) in [6.07, 6.45) is 3.99. The molecule has 5 nitrogen and oxygen atoms in total. The highest BCUT2D eigenvalue weighted by Crippen LogP contribution is 2.31. The molecule has 154 valence electrons. The number of amides is 1. The van der Waals surface area contributed by atoms with Crippen molar-refractivity contribution in [2.45, 2.75) is 26.7 Å². The van der Waals surface area contributed by atoms with E-state index in [1.54, 1.807) is 30.5 Å². The summed E-state index contributed by atoms with van der Waals surface area (Å²) in [5.41, 5.74) is 5.22. The van der Waals surface area contributed by atoms with E-state index in [-0.39, 0.29) is 11.7 Å². The first-order chi connectivity index (χ1) is 14.4. The molecule has 7 heteroatoms. The van der Waals surface area contributed by atoms with Gasteiger partial charge in [0.1, 0.15) is 0 Å². The number of aryl methyl sites for hydroxylation is 2. The monoisotopic (exact) mass is 440 g/mol. The third kappa shape index (κ3) is 4.27. The normalized spacial score (nSPS) is 13.5. The lowest BCUT2D eigenvalue weighted by molar-refractivity contribution is 0.101. The van der Waals surface area contributed by atoms with E-state index in [9.17, 15) is 4.79 Å². The van der Waals surface area contributed by atoms with E-state index in [0.717, 1.165) is 29.9 Å². The van der Waals surface area contributed by atoms with Crippen molar-refractivity contribution in [1.29, 1.82) is 0 Å². The predicted molar refractivity (Wildman–Crippen MR) is 123 cm³/mol. The van der Waals surface area contributed by atoms with E-state index >= 15 is 0 Å². The van der Waals surface area contributed by atoms with Crippen LogP contribution >= 0.6 is 23.2 Å². The largest absolute Gasteiger partial charge is 0.372 e. The number of nitrogens with zero attached hydrogens (tertiary/aromatic N) is 3. The maximum Gasteiger partial charge on any atom is 0.293 e. The maximum absolute atomic E-state index is 12.9. The van der Waals surface area contributed by atoms with Crippen molar-refractivity contribution in [3.05, 3.63) is 69.6 Å². The van der Waals surface area contributed by atoms with Crippen LogP contribution in [0.5, 0.6) is 0 Å². The zero-order chi connectivity index (χ0) is 21.3. The van der Waals surface area contributed by atoms with Gasteiger partial charge in [0.25, 0.3) is 5.91 Å². The number of carbonyl (C=O) groups is 1. The molecule has 1 aromatic heterocycles. The number of aromatic nitrogens is 2. The molecule has 1 saturated heterocycles. The van der Waals surface area contributed by atoms with Gasteiger partial charge in [-0.1, -0.05) is 23.2 Å². The maximum atomic E-state index is 12.9. The van der Waals surface area contributed by atoms with E-state index in [0.29, 0.717) is 21.3 Å². The molecule has 0 unspecified atom stereocenters. The summed E-state index contributed by atoms with van der Waals surface area (Å²) >= 11 is 12.4. The topological polar surface area (TPSA) is 58.1 Å². The highest BCUT2D eigenvalue weighted by atomic mass is 35.5. The van der Waals surface area contributed by atoms with Gasteiger partial charge in [0.05, 0.1) is 10.7 Å². The van der Waals surface area contributed by atoms with Crippen molar-refractivity contribution in [1.82, 2.24) is 9.97 Å². The molecule has 3 aromatic rings. The Morgan fingerprint density at radius 3 is 2.43 bits per heavy atom. The Labute approximate surface area is 186 Å². The average Bonchev–Trinajstić information content (AvgIpc) is 3.27. The average molecular weight is 441 g/mol. The summed E-state index contributed by atoms with van der Waals surface area (Å²) in [6, 6.07) is 11.1. The van der Waals surface area contributed by atoms with Gasteiger partial charge < -0.3 is 10.2 Å². The molecule has 1 fully saturated rings. The second-order valence-corrected chi connectivity index (χ2v) is 8.34. The van der Waals surface area contributed by atoms with Crippen LogP contribution in [-0.4, -0.2) is 29.0 Å². The summed E-state index contributed by atoms with van der Waals surface area (Å²) in [7, 11) is 0. The number of benzene rings is 2. The molecule has 2 heterocycles. The first-order valence-electron chi connectivity index (χ1n) is 9.88. The van der Waals surface area contributed by atoms with Crippen LogP contribution in [0.15, 0.2) is 42.6 Å². The molecule has 4 rings (SSSR count). The van der Waals surface area contributed by atoms with Gasteiger partial charge in [-0.2, -0.15) is 0 Å². The zero-order valence-corrected chi connectivity index (χ0v) is 18.4. The Morgan fingerprint density at radius 1 is 1.03 bits per heavy atom. The van der Waals surface area contributed by atoms with Crippen LogP contribution in [0.25, 0.3) is 11.3 Å². The number of hydrogen-bond donors (Lipinski definition) is 1. The highest BCUT2D eigenvalue weighted by Gasteiger charge is 2.18. The molecule has 1 N–H and O–H groups in total. The van der Waals surface area contributed by atoms with Crippen LogP contribution in [-0.2, 0) is 0 Å². The van der Waals surface area contributed by atoms with Gasteiger partial charge in [-0.05, 0) is 74.2 Å². The SMILES string of the molecule is Cc1cc(N2CCCC2)cc(C)c1NC(=O)c1nccc(-c2cc(Cl)ccc2Cl)n1. The van der Waals surface area contributed by atoms with E-state index < -0.39 is 0 Å². The fraction of sp³-hybridized carbons (Fsp3) is 0.261. The molecule has 0 radical (unpaired) electrons. The molecule has 2 aromatic carbocycles. The molecule has 0 spiro atoms. The van der Waals surface area contributed by atoms with Gasteiger partial charge in [0.15, 0.2) is 0 Å². The van der Waals surface area contributed by atoms with Gasteiger partial charge in [0.2, 0.25) is 5.82 Å². The van der Waals surface area contributed by atoms with Crippen molar-refractivity contribution in [2.24, 2.45) is 0 Å². The smallest absolute Gasteiger partial charge is 0.293 e. The fourth-order valence-corrected chi connectivity index (χ4v) is 4.16. The van der Waals surface area contributed by atoms with Crippen molar-refractivity contribution in [2.75, 3.05) is 23.3 Å². The van der Waals surface area contributed by atoms with Crippen LogP contribution in [0.1, 0.15) is 34.6 Å². The molecular formula is C23H22Cl2N4O. The number of carbonyl (C=O) groups excluding carboxylic acids is 1. The van der Waals surface area contributed by atoms with Gasteiger partial charge in [-0.25, -0.2) is 9.97 Å². The molecule has 0 bridgehead atoms. The number of rotatable bonds is 4. The Bertz CT molecular complexity index is 1090. The molecule has 1 aliphatic rings. The van der Waals surface area contributed by atoms with Gasteiger partial charge in [-0.3, -0.25) is 4.79 Å². The first kappa shape index (κ1) is 20.6. The predicted octanol–water partition coefficient (Wildman–Crippen LogP) is 5.92. The quantitative estimate of drug-likeness (QED) is 0.546. The molecule has 30 heavy (non-hydrogen) atoms. The summed E-state index contributed by atoms with van der Waals surface area (Å²) in [5.74, 6) is -0.291. The molecule has 1 amide bonds. The summed E-state index contributed by atoms with van der Waals surface area (Å²) in [4.78, 5) is 23.8. The van der Waals surface area contributed by atoms with Crippen molar-refractivity contribution in [3.8, 4) is 11.3 Å². The number of hydrogen-bond acceptors (Lipinski definition) is 4. The van der Waals surface area contributed by atoms with Crippen molar-refractivity contribution >= 4 is 40.5 Å². The Kier molecular flexibility index (Phi) is 5.93. The van der Waals surface area contributed by atoms with Crippen molar-refractivity contribution < 1.29 is 4.79 Å². The number of anilines is 2. The summed E-state index contributed by atoms with van der Waals surface area (Å²) in [5, 5.41) is 4.03. The van der Waals surface area contributed by atoms with Crippen molar-refractivity contribution in [3.63, 3.8) is 0 Å². The summed E-state index contributed by atoms with van der Waals surface area (Å²) < 4.78 is 0. The van der Waals surface area contributed by atoms with Crippen LogP contribution < -0.4 is 10.2 Å². The van der Waals surface area contributed by atoms with E-state index in [2.05, 4.69) is 32.3 Å². The van der Waals surface area contributed by atoms with Crippen LogP contribution in [0, 0.1) is 13.8 Å². The number of nitrogens with one attached hydrogen (secondary N) is 1. The molecular weight excluding hydrogens is 419 g/mol. The van der Waals surface area contributed by atoms with Gasteiger partial charge in [-0.15, -0.1) is 0 Å². The van der Waals surface area contributed by atoms with E-state index in [1.165, 1.54) is 18.5 Å². The lowest BCUT2D eigenvalue weighted by Crippen LogP contribution is -2.20. The van der Waals surface area contributed by atoms with E-state index in [1.807, 2.05) is 13.8 Å². The fourth-order valence-electron chi connectivity index (χ4n) is 3.78. The second kappa shape index (κ2) is 8.62. The third-order valence-electron chi connectivity index (χ3n) is 5.29. The molecule has 0 atom stereocenters. The lowest BCUT2D eigenvalue weighted by Gasteiger charge is -2.21. The molecule has 1 aliphatic heterocycles. The second-order valence-electron chi connectivity index (χ2n) is 7.49.